The van der Waals surface area contributed by atoms with Crippen LogP contribution in [0.4, 0.5) is 0 Å². The van der Waals surface area contributed by atoms with Crippen LogP contribution in [0.2, 0.25) is 0 Å². The predicted octanol–water partition coefficient (Wildman–Crippen LogP) is 4.42. The quantitative estimate of drug-likeness (QED) is 0.602. The lowest BCUT2D eigenvalue weighted by Crippen LogP contribution is -2.37. The maximum absolute atomic E-state index is 11.5. The van der Waals surface area contributed by atoms with Gasteiger partial charge in [0.15, 0.2) is 12.5 Å². The van der Waals surface area contributed by atoms with Gasteiger partial charge in [-0.2, -0.15) is 0 Å². The molecule has 0 spiro atoms. The van der Waals surface area contributed by atoms with Gasteiger partial charge in [-0.15, -0.1) is 11.8 Å². The number of carboxylic acid groups (broad SMARTS) is 1. The van der Waals surface area contributed by atoms with Gasteiger partial charge in [0, 0.05) is 23.7 Å². The van der Waals surface area contributed by atoms with Gasteiger partial charge in [-0.3, -0.25) is 9.69 Å². The normalized spacial score (nSPS) is 17.7. The smallest absolute Gasteiger partial charge is 0.321 e. The molecule has 7 heteroatoms. The Morgan fingerprint density at radius 3 is 2.87 bits per heavy atom. The molecule has 1 N–H and O–H groups in total. The first kappa shape index (κ1) is 20.5. The Bertz CT molecular complexity index is 1040. The van der Waals surface area contributed by atoms with Crippen LogP contribution in [0.3, 0.4) is 0 Å². The number of carboxylic acids is 1. The lowest BCUT2D eigenvalue weighted by Gasteiger charge is -2.22. The highest BCUT2D eigenvalue weighted by atomic mass is 32.2. The number of carbonyl (C=O) groups is 1. The summed E-state index contributed by atoms with van der Waals surface area (Å²) in [5, 5.41) is 9.42. The maximum atomic E-state index is 11.5. The van der Waals surface area contributed by atoms with Crippen molar-refractivity contribution in [2.75, 3.05) is 11.6 Å². The number of thioether (sulfide) groups is 1. The minimum absolute atomic E-state index is 0.394. The Kier molecular flexibility index (Phi) is 6.11. The molecule has 2 heterocycles. The zero-order valence-electron chi connectivity index (χ0n) is 16.9. The number of rotatable bonds is 7. The number of aliphatic carboxylic acids is 1. The van der Waals surface area contributed by atoms with Crippen LogP contribution < -0.4 is 4.74 Å². The average molecular weight is 425 g/mol. The van der Waals surface area contributed by atoms with Gasteiger partial charge in [0.2, 0.25) is 0 Å². The highest BCUT2D eigenvalue weighted by Crippen LogP contribution is 2.32. The fraction of sp³-hybridized carbons (Fsp3) is 0.304. The molecule has 30 heavy (non-hydrogen) atoms. The van der Waals surface area contributed by atoms with E-state index in [1.807, 2.05) is 54.3 Å². The lowest BCUT2D eigenvalue weighted by molar-refractivity contribution is -0.141. The van der Waals surface area contributed by atoms with Crippen molar-refractivity contribution in [2.24, 2.45) is 0 Å². The van der Waals surface area contributed by atoms with Gasteiger partial charge >= 0.3 is 5.97 Å². The van der Waals surface area contributed by atoms with Crippen LogP contribution in [0.5, 0.6) is 5.75 Å². The Morgan fingerprint density at radius 1 is 1.30 bits per heavy atom. The first-order valence-electron chi connectivity index (χ1n) is 9.78. The molecule has 0 saturated carbocycles. The van der Waals surface area contributed by atoms with Crippen LogP contribution in [0.25, 0.3) is 0 Å². The van der Waals surface area contributed by atoms with E-state index in [1.54, 1.807) is 11.8 Å². The summed E-state index contributed by atoms with van der Waals surface area (Å²) in [6.07, 6.45) is 1.04. The monoisotopic (exact) mass is 424 g/mol. The molecule has 1 aliphatic heterocycles. The number of hydrogen-bond donors (Lipinski definition) is 1. The van der Waals surface area contributed by atoms with Gasteiger partial charge in [-0.05, 0) is 37.1 Å². The van der Waals surface area contributed by atoms with Crippen molar-refractivity contribution in [2.45, 2.75) is 32.5 Å². The summed E-state index contributed by atoms with van der Waals surface area (Å²) in [4.78, 5) is 17.8. The van der Waals surface area contributed by atoms with Crippen molar-refractivity contribution in [1.82, 2.24) is 9.88 Å². The fourth-order valence-corrected chi connectivity index (χ4v) is 4.85. The van der Waals surface area contributed by atoms with Crippen molar-refractivity contribution in [3.8, 4) is 5.75 Å². The van der Waals surface area contributed by atoms with E-state index in [9.17, 15) is 9.90 Å². The second kappa shape index (κ2) is 8.93. The number of nitrogens with zero attached hydrogens (tertiary/aromatic N) is 2. The van der Waals surface area contributed by atoms with Crippen molar-refractivity contribution < 1.29 is 19.1 Å². The van der Waals surface area contributed by atoms with Gasteiger partial charge in [0.25, 0.3) is 0 Å². The number of oxazole rings is 1. The van der Waals surface area contributed by atoms with Gasteiger partial charge < -0.3 is 14.3 Å². The standard InChI is InChI=1S/C23H24N2O4S/c1-15-6-3-4-9-19(15)22(21-16(2)28-13-24-21)29-18-8-5-7-17(10-18)11-25-14-30-12-20(25)23(26)27/h3-10,13,20,22H,11-12,14H2,1-2H3,(H,26,27)/t20?,22-/m0/s1. The number of hydrogen-bond acceptors (Lipinski definition) is 6. The van der Waals surface area contributed by atoms with E-state index in [2.05, 4.69) is 18.0 Å². The minimum Gasteiger partial charge on any atom is -0.480 e. The third kappa shape index (κ3) is 4.37. The summed E-state index contributed by atoms with van der Waals surface area (Å²) in [6.45, 7) is 4.50. The van der Waals surface area contributed by atoms with Crippen molar-refractivity contribution >= 4 is 17.7 Å². The third-order valence-electron chi connectivity index (χ3n) is 5.30. The van der Waals surface area contributed by atoms with Gasteiger partial charge in [-0.25, -0.2) is 4.98 Å². The van der Waals surface area contributed by atoms with E-state index < -0.39 is 18.1 Å². The molecule has 1 aliphatic rings. The SMILES string of the molecule is Cc1ccccc1[C@H](Oc1cccc(CN2CSCC2C(=O)O)c1)c1ncoc1C. The maximum Gasteiger partial charge on any atom is 0.321 e. The predicted molar refractivity (Wildman–Crippen MR) is 116 cm³/mol. The molecule has 156 valence electrons. The van der Waals surface area contributed by atoms with E-state index in [1.165, 1.54) is 6.39 Å². The van der Waals surface area contributed by atoms with Gasteiger partial charge in [-0.1, -0.05) is 36.4 Å². The zero-order valence-corrected chi connectivity index (χ0v) is 17.8. The largest absolute Gasteiger partial charge is 0.480 e. The third-order valence-corrected chi connectivity index (χ3v) is 6.36. The fourth-order valence-electron chi connectivity index (χ4n) is 3.66. The molecule has 2 aromatic carbocycles. The Hall–Kier alpha value is -2.77. The summed E-state index contributed by atoms with van der Waals surface area (Å²) in [7, 11) is 0. The van der Waals surface area contributed by atoms with E-state index in [0.29, 0.717) is 23.9 Å². The van der Waals surface area contributed by atoms with Crippen LogP contribution in [0.15, 0.2) is 59.3 Å². The van der Waals surface area contributed by atoms with Gasteiger partial charge in [0.1, 0.15) is 23.2 Å². The molecule has 2 atom stereocenters. The number of ether oxygens (including phenoxy) is 1. The second-order valence-corrected chi connectivity index (χ2v) is 8.40. The summed E-state index contributed by atoms with van der Waals surface area (Å²) in [5.41, 5.74) is 3.90. The van der Waals surface area contributed by atoms with Crippen molar-refractivity contribution in [3.05, 3.63) is 83.1 Å². The average Bonchev–Trinajstić information content (AvgIpc) is 3.36. The summed E-state index contributed by atoms with van der Waals surface area (Å²) >= 11 is 1.65. The van der Waals surface area contributed by atoms with Crippen LogP contribution >= 0.6 is 11.8 Å². The van der Waals surface area contributed by atoms with E-state index >= 15 is 0 Å². The molecule has 1 aromatic heterocycles. The number of benzene rings is 2. The first-order valence-corrected chi connectivity index (χ1v) is 10.9. The Labute approximate surface area is 179 Å². The van der Waals surface area contributed by atoms with Crippen LogP contribution in [0, 0.1) is 13.8 Å². The van der Waals surface area contributed by atoms with Crippen LogP contribution in [0.1, 0.15) is 34.2 Å². The van der Waals surface area contributed by atoms with E-state index in [0.717, 1.165) is 28.1 Å². The van der Waals surface area contributed by atoms with Crippen molar-refractivity contribution in [1.29, 1.82) is 0 Å². The first-order chi connectivity index (χ1) is 14.5. The molecule has 0 aliphatic carbocycles. The molecule has 0 amide bonds. The summed E-state index contributed by atoms with van der Waals surface area (Å²) < 4.78 is 11.9. The number of aryl methyl sites for hydroxylation is 2. The molecule has 4 rings (SSSR count). The van der Waals surface area contributed by atoms with E-state index in [-0.39, 0.29) is 0 Å². The molecule has 6 nitrogen and oxygen atoms in total. The molecule has 1 saturated heterocycles. The minimum atomic E-state index is -0.770. The summed E-state index contributed by atoms with van der Waals surface area (Å²) in [6, 6.07) is 15.5. The van der Waals surface area contributed by atoms with Crippen LogP contribution in [-0.4, -0.2) is 38.6 Å². The topological polar surface area (TPSA) is 75.8 Å². The molecular formula is C23H24N2O4S. The highest BCUT2D eigenvalue weighted by molar-refractivity contribution is 7.99. The zero-order chi connectivity index (χ0) is 21.1. The Balaban J connectivity index is 1.60. The van der Waals surface area contributed by atoms with E-state index in [4.69, 9.17) is 9.15 Å². The Morgan fingerprint density at radius 2 is 2.13 bits per heavy atom. The second-order valence-electron chi connectivity index (χ2n) is 7.40. The highest BCUT2D eigenvalue weighted by Gasteiger charge is 2.31. The molecular weight excluding hydrogens is 400 g/mol. The molecule has 1 unspecified atom stereocenters. The van der Waals surface area contributed by atoms with Crippen LogP contribution in [-0.2, 0) is 11.3 Å². The van der Waals surface area contributed by atoms with Crippen molar-refractivity contribution in [3.63, 3.8) is 0 Å². The lowest BCUT2D eigenvalue weighted by atomic mass is 10.00. The van der Waals surface area contributed by atoms with Gasteiger partial charge in [0.05, 0.1) is 0 Å². The molecule has 3 aromatic rings. The number of aromatic nitrogens is 1. The molecule has 0 radical (unpaired) electrons. The molecule has 0 bridgehead atoms. The molecule has 1 fully saturated rings. The summed E-state index contributed by atoms with van der Waals surface area (Å²) in [5.74, 6) is 1.99.